The summed E-state index contributed by atoms with van der Waals surface area (Å²) in [6.45, 7) is 7.93. The molecule has 0 unspecified atom stereocenters. The molecule has 0 aromatic heterocycles. The number of carbonyl (C=O) groups excluding carboxylic acids is 3. The highest BCUT2D eigenvalue weighted by molar-refractivity contribution is 14.1. The minimum absolute atomic E-state index is 0.0896. The van der Waals surface area contributed by atoms with Crippen molar-refractivity contribution in [3.63, 3.8) is 0 Å². The van der Waals surface area contributed by atoms with E-state index in [-0.39, 0.29) is 71.8 Å². The van der Waals surface area contributed by atoms with Crippen LogP contribution in [0, 0.1) is 21.3 Å². The summed E-state index contributed by atoms with van der Waals surface area (Å²) in [5.41, 5.74) is 2.50. The van der Waals surface area contributed by atoms with Gasteiger partial charge < -0.3 is 15.5 Å². The molecule has 0 heterocycles. The van der Waals surface area contributed by atoms with E-state index in [1.807, 2.05) is 75.4 Å². The molecule has 0 fully saturated rings. The van der Waals surface area contributed by atoms with Crippen LogP contribution in [0.5, 0.6) is 0 Å². The third-order valence-electron chi connectivity index (χ3n) is 9.06. The van der Waals surface area contributed by atoms with Crippen LogP contribution in [0.4, 0.5) is 5.69 Å². The number of ketones is 2. The van der Waals surface area contributed by atoms with E-state index in [9.17, 15) is 33.0 Å². The molecule has 0 aliphatic heterocycles. The van der Waals surface area contributed by atoms with Crippen molar-refractivity contribution in [2.45, 2.75) is 77.9 Å². The molecule has 11 heteroatoms. The van der Waals surface area contributed by atoms with Crippen molar-refractivity contribution in [2.24, 2.45) is 17.8 Å². The van der Waals surface area contributed by atoms with Crippen LogP contribution < -0.4 is 9.62 Å². The van der Waals surface area contributed by atoms with E-state index < -0.39 is 34.1 Å². The normalized spacial score (nSPS) is 14.8. The van der Waals surface area contributed by atoms with E-state index in [4.69, 9.17) is 0 Å². The minimum atomic E-state index is -3.71. The monoisotopic (exact) mass is 818 g/mol. The molecule has 0 aliphatic rings. The van der Waals surface area contributed by atoms with Gasteiger partial charge in [0.25, 0.3) is 0 Å². The Balaban J connectivity index is 1.91. The number of aliphatic hydroxyl groups excluding tert-OH is 2. The maximum Gasteiger partial charge on any atom is 0.231 e. The molecule has 0 radical (unpaired) electrons. The van der Waals surface area contributed by atoms with Crippen LogP contribution in [-0.2, 0) is 21.2 Å². The molecular weight excluding hydrogens is 767 g/mol. The fraction of sp³-hybridized carbons (Fsp3) is 0.462. The smallest absolute Gasteiger partial charge is 0.231 e. The zero-order chi connectivity index (χ0) is 37.2. The quantitative estimate of drug-likeness (QED) is 0.0939. The average molecular weight is 819 g/mol. The number of aliphatic hydroxyl groups is 2. The third kappa shape index (κ3) is 12.6. The molecule has 0 saturated heterocycles. The first-order valence-electron chi connectivity index (χ1n) is 17.0. The largest absolute Gasteiger partial charge is 0.393 e. The molecule has 1 amide bonds. The highest BCUT2D eigenvalue weighted by Gasteiger charge is 2.29. The van der Waals surface area contributed by atoms with Crippen molar-refractivity contribution in [2.75, 3.05) is 24.2 Å². The first kappa shape index (κ1) is 41.3. The molecule has 0 aliphatic carbocycles. The number of nitrogens with one attached hydrogen (secondary N) is 1. The van der Waals surface area contributed by atoms with Crippen LogP contribution >= 0.6 is 22.6 Å². The van der Waals surface area contributed by atoms with Gasteiger partial charge in [-0.1, -0.05) is 63.2 Å². The number of nitrogens with zero attached hydrogens (tertiary/aromatic N) is 1. The van der Waals surface area contributed by atoms with Crippen molar-refractivity contribution in [3.8, 4) is 0 Å². The Morgan fingerprint density at radius 3 is 1.96 bits per heavy atom. The lowest BCUT2D eigenvalue weighted by Crippen LogP contribution is -2.39. The number of hydrogen-bond donors (Lipinski definition) is 3. The van der Waals surface area contributed by atoms with Gasteiger partial charge in [-0.2, -0.15) is 0 Å². The first-order chi connectivity index (χ1) is 23.5. The minimum Gasteiger partial charge on any atom is -0.393 e. The second-order valence-corrected chi connectivity index (χ2v) is 17.0. The van der Waals surface area contributed by atoms with Gasteiger partial charge in [-0.15, -0.1) is 0 Å². The summed E-state index contributed by atoms with van der Waals surface area (Å²) in [4.78, 5) is 40.5. The van der Waals surface area contributed by atoms with Crippen LogP contribution in [0.2, 0.25) is 0 Å². The number of halogens is 1. The summed E-state index contributed by atoms with van der Waals surface area (Å²) in [7, 11) is -2.34. The topological polar surface area (TPSA) is 141 Å². The fourth-order valence-corrected chi connectivity index (χ4v) is 6.69. The van der Waals surface area contributed by atoms with Crippen molar-refractivity contribution >= 4 is 55.8 Å². The molecule has 0 saturated carbocycles. The number of benzene rings is 3. The SMILES string of the molecule is CC(C)CNC(=O)[C@@H](CC[C@@H](O)[C@@H](CC(=O)c1cc(C(=O)C[C@H](C)c2ccc(I)cc2)cc(N(C)S(C)(=O)=O)c1)Cc1ccccc1)[C@H](C)O. The van der Waals surface area contributed by atoms with Crippen LogP contribution in [0.3, 0.4) is 0 Å². The van der Waals surface area contributed by atoms with E-state index in [0.29, 0.717) is 13.0 Å². The molecular formula is C39H51IN2O7S. The molecule has 50 heavy (non-hydrogen) atoms. The van der Waals surface area contributed by atoms with E-state index >= 15 is 0 Å². The van der Waals surface area contributed by atoms with Crippen molar-refractivity contribution in [1.29, 1.82) is 0 Å². The number of Topliss-reactive ketones (excluding diaryl/α,β-unsaturated/α-hetero) is 2. The van der Waals surface area contributed by atoms with Gasteiger partial charge in [0.05, 0.1) is 30.1 Å². The van der Waals surface area contributed by atoms with E-state index in [1.165, 1.54) is 25.2 Å². The van der Waals surface area contributed by atoms with Gasteiger partial charge in [0.2, 0.25) is 15.9 Å². The molecule has 5 atom stereocenters. The summed E-state index contributed by atoms with van der Waals surface area (Å²) < 4.78 is 27.2. The van der Waals surface area contributed by atoms with Gasteiger partial charge >= 0.3 is 0 Å². The van der Waals surface area contributed by atoms with Crippen LogP contribution in [-0.4, -0.2) is 68.2 Å². The molecule has 272 valence electrons. The summed E-state index contributed by atoms with van der Waals surface area (Å²) in [6.07, 6.45) is -0.0373. The molecule has 9 nitrogen and oxygen atoms in total. The van der Waals surface area contributed by atoms with Crippen molar-refractivity contribution < 1.29 is 33.0 Å². The zero-order valence-electron chi connectivity index (χ0n) is 29.8. The lowest BCUT2D eigenvalue weighted by atomic mass is 9.83. The summed E-state index contributed by atoms with van der Waals surface area (Å²) in [5.74, 6) is -2.02. The van der Waals surface area contributed by atoms with Gasteiger partial charge in [0.15, 0.2) is 11.6 Å². The Bertz CT molecular complexity index is 1700. The van der Waals surface area contributed by atoms with Gasteiger partial charge in [-0.25, -0.2) is 8.42 Å². The molecule has 3 aromatic rings. The third-order valence-corrected chi connectivity index (χ3v) is 11.0. The maximum atomic E-state index is 14.0. The van der Waals surface area contributed by atoms with Gasteiger partial charge in [-0.3, -0.25) is 18.7 Å². The molecule has 0 spiro atoms. The van der Waals surface area contributed by atoms with E-state index in [0.717, 1.165) is 25.3 Å². The Labute approximate surface area is 311 Å². The van der Waals surface area contributed by atoms with Gasteiger partial charge in [0, 0.05) is 41.1 Å². The van der Waals surface area contributed by atoms with Crippen LogP contribution in [0.25, 0.3) is 0 Å². The molecule has 0 bridgehead atoms. The lowest BCUT2D eigenvalue weighted by molar-refractivity contribution is -0.128. The second-order valence-electron chi connectivity index (χ2n) is 13.8. The number of sulfonamides is 1. The fourth-order valence-electron chi connectivity index (χ4n) is 5.84. The van der Waals surface area contributed by atoms with Crippen molar-refractivity contribution in [3.05, 3.63) is 98.6 Å². The Morgan fingerprint density at radius 2 is 1.42 bits per heavy atom. The Morgan fingerprint density at radius 1 is 0.840 bits per heavy atom. The van der Waals surface area contributed by atoms with Gasteiger partial charge in [0.1, 0.15) is 0 Å². The van der Waals surface area contributed by atoms with Crippen molar-refractivity contribution in [1.82, 2.24) is 5.32 Å². The lowest BCUT2D eigenvalue weighted by Gasteiger charge is -2.26. The maximum absolute atomic E-state index is 14.0. The summed E-state index contributed by atoms with van der Waals surface area (Å²) >= 11 is 2.22. The van der Waals surface area contributed by atoms with Gasteiger partial charge in [-0.05, 0) is 108 Å². The highest BCUT2D eigenvalue weighted by Crippen LogP contribution is 2.29. The second kappa shape index (κ2) is 18.9. The first-order valence-corrected chi connectivity index (χ1v) is 20.0. The molecule has 3 rings (SSSR count). The Hall–Kier alpha value is -3.13. The number of hydrogen-bond acceptors (Lipinski definition) is 7. The number of amides is 1. The van der Waals surface area contributed by atoms with E-state index in [1.54, 1.807) is 6.92 Å². The zero-order valence-corrected chi connectivity index (χ0v) is 32.8. The number of rotatable bonds is 19. The number of carbonyl (C=O) groups is 3. The van der Waals surface area contributed by atoms with Crippen LogP contribution in [0.1, 0.15) is 91.1 Å². The van der Waals surface area contributed by atoms with E-state index in [2.05, 4.69) is 27.9 Å². The Kier molecular flexibility index (Phi) is 15.6. The molecule has 3 aromatic carbocycles. The summed E-state index contributed by atoms with van der Waals surface area (Å²) in [6, 6.07) is 21.8. The standard InChI is InChI=1S/C39H51IN2O7S/c1-25(2)24-41-39(47)35(27(4)43)16-17-36(44)30(19-28-10-8-7-9-11-28)23-38(46)32-20-31(21-34(22-32)42(5)50(6,48)49)37(45)18-26(3)29-12-14-33(40)15-13-29/h7-15,20-22,25-27,30,35-36,43-44H,16-19,23-24H2,1-6H3,(H,41,47)/t26-,27-,30+,35-,36+/m0/s1. The number of anilines is 1. The van der Waals surface area contributed by atoms with Crippen LogP contribution in [0.15, 0.2) is 72.8 Å². The summed E-state index contributed by atoms with van der Waals surface area (Å²) in [5, 5.41) is 24.8. The predicted molar refractivity (Wildman–Crippen MR) is 207 cm³/mol. The predicted octanol–water partition coefficient (Wildman–Crippen LogP) is 6.41. The highest BCUT2D eigenvalue weighted by atomic mass is 127. The molecule has 3 N–H and O–H groups in total. The average Bonchev–Trinajstić information content (AvgIpc) is 3.06.